The van der Waals surface area contributed by atoms with Crippen molar-refractivity contribution in [3.05, 3.63) is 0 Å². The van der Waals surface area contributed by atoms with Gasteiger partial charge in [-0.25, -0.2) is 0 Å². The van der Waals surface area contributed by atoms with Crippen molar-refractivity contribution >= 4 is 13.8 Å². The number of carboxylic acids is 1. The summed E-state index contributed by atoms with van der Waals surface area (Å²) in [4.78, 5) is 11.5. The molecule has 1 saturated carbocycles. The van der Waals surface area contributed by atoms with Crippen LogP contribution in [0.5, 0.6) is 0 Å². The summed E-state index contributed by atoms with van der Waals surface area (Å²) in [6.07, 6.45) is 4.56. The number of carbonyl (C=O) groups is 1. The van der Waals surface area contributed by atoms with Crippen molar-refractivity contribution in [1.29, 1.82) is 0 Å². The summed E-state index contributed by atoms with van der Waals surface area (Å²) in [5.74, 6) is -0.605. The minimum atomic E-state index is -0.801. The van der Waals surface area contributed by atoms with E-state index in [0.29, 0.717) is 12.7 Å². The van der Waals surface area contributed by atoms with Gasteiger partial charge in [-0.2, -0.15) is 0 Å². The zero-order chi connectivity index (χ0) is 12.2. The molecule has 0 spiro atoms. The zero-order valence-electron chi connectivity index (χ0n) is 9.91. The highest BCUT2D eigenvalue weighted by Crippen LogP contribution is 2.38. The number of unbranched alkanes of at least 4 members (excludes halogenated alkanes) is 1. The van der Waals surface area contributed by atoms with Gasteiger partial charge in [0.2, 0.25) is 0 Å². The van der Waals surface area contributed by atoms with E-state index in [1.54, 1.807) is 7.05 Å². The third-order valence-electron chi connectivity index (χ3n) is 3.72. The highest BCUT2D eigenvalue weighted by atomic mass is 16.4. The minimum Gasteiger partial charge on any atom is -0.480 e. The Kier molecular flexibility index (Phi) is 4.80. The fraction of sp³-hybridized carbons (Fsp3) is 0.909. The molecule has 0 aromatic carbocycles. The van der Waals surface area contributed by atoms with Crippen LogP contribution in [0.3, 0.4) is 0 Å². The molecule has 0 unspecified atom stereocenters. The number of hydrogen-bond acceptors (Lipinski definition) is 3. The second-order valence-corrected chi connectivity index (χ2v) is 4.70. The first-order valence-electron chi connectivity index (χ1n) is 5.94. The molecule has 0 heterocycles. The molecule has 0 aliphatic heterocycles. The summed E-state index contributed by atoms with van der Waals surface area (Å²) < 4.78 is 0. The molecule has 0 amide bonds. The van der Waals surface area contributed by atoms with Gasteiger partial charge in [-0.05, 0) is 32.2 Å². The number of likely N-dealkylation sites (N-methyl/N-ethyl adjacent to an activating group) is 1. The predicted molar refractivity (Wildman–Crippen MR) is 64.5 cm³/mol. The van der Waals surface area contributed by atoms with Crippen molar-refractivity contribution in [2.45, 2.75) is 50.0 Å². The molecule has 0 aromatic rings. The van der Waals surface area contributed by atoms with Crippen LogP contribution in [0.15, 0.2) is 0 Å². The molecule has 5 heteroatoms. The molecule has 16 heavy (non-hydrogen) atoms. The molecule has 1 atom stereocenters. The number of nitrogens with two attached hydrogens (primary N) is 1. The smallest absolute Gasteiger partial charge is 0.324 e. The Morgan fingerprint density at radius 1 is 1.56 bits per heavy atom. The molecule has 1 aliphatic carbocycles. The van der Waals surface area contributed by atoms with E-state index in [1.165, 1.54) is 0 Å². The summed E-state index contributed by atoms with van der Waals surface area (Å²) in [5.41, 5.74) is 4.93. The number of rotatable bonds is 7. The van der Waals surface area contributed by atoms with Crippen LogP contribution < -0.4 is 11.1 Å². The monoisotopic (exact) mass is 224 g/mol. The van der Waals surface area contributed by atoms with Crippen molar-refractivity contribution in [1.82, 2.24) is 5.32 Å². The van der Waals surface area contributed by atoms with E-state index in [-0.39, 0.29) is 12.0 Å². The van der Waals surface area contributed by atoms with Crippen molar-refractivity contribution in [3.8, 4) is 0 Å². The van der Waals surface area contributed by atoms with Crippen LogP contribution >= 0.6 is 0 Å². The summed E-state index contributed by atoms with van der Waals surface area (Å²) in [6, 6.07) is 0.173. The molecular weight excluding hydrogens is 203 g/mol. The van der Waals surface area contributed by atoms with Crippen molar-refractivity contribution in [2.75, 3.05) is 7.05 Å². The third-order valence-corrected chi connectivity index (χ3v) is 3.72. The quantitative estimate of drug-likeness (QED) is 0.435. The Labute approximate surface area is 98.4 Å². The SMILES string of the molecule is [B]CCCC[C@](NC)(C(=O)O)C1CC(N)C1. The van der Waals surface area contributed by atoms with Gasteiger partial charge in [0.25, 0.3) is 0 Å². The van der Waals surface area contributed by atoms with Crippen LogP contribution in [0.4, 0.5) is 0 Å². The Morgan fingerprint density at radius 3 is 2.56 bits per heavy atom. The summed E-state index contributed by atoms with van der Waals surface area (Å²) in [6.45, 7) is 0. The standard InChI is InChI=1S/C11H21BN2O2/c1-14-11(10(15)16,4-2-3-5-12)8-6-9(13)7-8/h8-9,14H,2-7,13H2,1H3,(H,15,16)/t8?,9?,11-/m1/s1. The topological polar surface area (TPSA) is 75.3 Å². The number of carboxylic acid groups (broad SMARTS) is 1. The van der Waals surface area contributed by atoms with E-state index in [9.17, 15) is 9.90 Å². The first kappa shape index (κ1) is 13.5. The maximum Gasteiger partial charge on any atom is 0.324 e. The lowest BCUT2D eigenvalue weighted by molar-refractivity contribution is -0.149. The second-order valence-electron chi connectivity index (χ2n) is 4.70. The van der Waals surface area contributed by atoms with Gasteiger partial charge >= 0.3 is 5.97 Å². The van der Waals surface area contributed by atoms with Gasteiger partial charge in [-0.3, -0.25) is 4.79 Å². The normalized spacial score (nSPS) is 28.1. The minimum absolute atomic E-state index is 0.155. The number of hydrogen-bond donors (Lipinski definition) is 3. The number of nitrogens with one attached hydrogen (secondary N) is 1. The van der Waals surface area contributed by atoms with Gasteiger partial charge in [0.15, 0.2) is 0 Å². The Morgan fingerprint density at radius 2 is 2.19 bits per heavy atom. The van der Waals surface area contributed by atoms with Crippen molar-refractivity contribution < 1.29 is 9.90 Å². The van der Waals surface area contributed by atoms with Crippen LogP contribution in [0.2, 0.25) is 6.32 Å². The Hall–Kier alpha value is -0.545. The Balaban J connectivity index is 2.63. The molecule has 0 bridgehead atoms. The second kappa shape index (κ2) is 5.68. The van der Waals surface area contributed by atoms with Crippen LogP contribution in [0.25, 0.3) is 0 Å². The van der Waals surface area contributed by atoms with E-state index in [1.807, 2.05) is 0 Å². The van der Waals surface area contributed by atoms with Gasteiger partial charge in [0.1, 0.15) is 5.54 Å². The van der Waals surface area contributed by atoms with Crippen LogP contribution in [-0.2, 0) is 4.79 Å². The van der Waals surface area contributed by atoms with Gasteiger partial charge in [0.05, 0.1) is 7.85 Å². The van der Waals surface area contributed by atoms with E-state index >= 15 is 0 Å². The van der Waals surface area contributed by atoms with Gasteiger partial charge in [0, 0.05) is 6.04 Å². The average molecular weight is 224 g/mol. The molecule has 90 valence electrons. The van der Waals surface area contributed by atoms with E-state index in [2.05, 4.69) is 5.32 Å². The molecule has 2 radical (unpaired) electrons. The molecule has 1 aliphatic rings. The van der Waals surface area contributed by atoms with Crippen LogP contribution in [0.1, 0.15) is 32.1 Å². The van der Waals surface area contributed by atoms with Gasteiger partial charge in [-0.1, -0.05) is 19.2 Å². The largest absolute Gasteiger partial charge is 0.480 e. The molecule has 4 N–H and O–H groups in total. The molecule has 1 fully saturated rings. The first-order chi connectivity index (χ1) is 7.56. The maximum atomic E-state index is 11.5. The van der Waals surface area contributed by atoms with Crippen LogP contribution in [0, 0.1) is 5.92 Å². The lowest BCUT2D eigenvalue weighted by atomic mass is 9.66. The van der Waals surface area contributed by atoms with Gasteiger partial charge in [-0.15, -0.1) is 0 Å². The van der Waals surface area contributed by atoms with Crippen molar-refractivity contribution in [2.24, 2.45) is 11.7 Å². The van der Waals surface area contributed by atoms with Gasteiger partial charge < -0.3 is 16.2 Å². The Bertz CT molecular complexity index is 244. The molecule has 0 aromatic heterocycles. The average Bonchev–Trinajstić information content (AvgIpc) is 2.21. The summed E-state index contributed by atoms with van der Waals surface area (Å²) in [7, 11) is 7.15. The predicted octanol–water partition coefficient (Wildman–Crippen LogP) is 0.524. The van der Waals surface area contributed by atoms with E-state index in [4.69, 9.17) is 13.6 Å². The summed E-state index contributed by atoms with van der Waals surface area (Å²) in [5, 5.41) is 12.4. The lowest BCUT2D eigenvalue weighted by Gasteiger charge is -2.45. The van der Waals surface area contributed by atoms with Crippen LogP contribution in [-0.4, -0.2) is 37.6 Å². The fourth-order valence-electron chi connectivity index (χ4n) is 2.53. The van der Waals surface area contributed by atoms with Crippen molar-refractivity contribution in [3.63, 3.8) is 0 Å². The molecule has 0 saturated heterocycles. The first-order valence-corrected chi connectivity index (χ1v) is 5.94. The third kappa shape index (κ3) is 2.58. The molecular formula is C11H21BN2O2. The molecule has 4 nitrogen and oxygen atoms in total. The summed E-state index contributed by atoms with van der Waals surface area (Å²) >= 11 is 0. The van der Waals surface area contributed by atoms with E-state index in [0.717, 1.165) is 25.7 Å². The zero-order valence-corrected chi connectivity index (χ0v) is 9.91. The maximum absolute atomic E-state index is 11.5. The number of aliphatic carboxylic acids is 1. The molecule has 1 rings (SSSR count). The highest BCUT2D eigenvalue weighted by molar-refractivity contribution is 6.08. The fourth-order valence-corrected chi connectivity index (χ4v) is 2.53. The highest BCUT2D eigenvalue weighted by Gasteiger charge is 2.48. The lowest BCUT2D eigenvalue weighted by Crippen LogP contribution is -2.61. The van der Waals surface area contributed by atoms with E-state index < -0.39 is 11.5 Å².